The second-order valence-corrected chi connectivity index (χ2v) is 10.7. The molecule has 244 valence electrons. The number of ether oxygens (including phenoxy) is 4. The standard InChI is InChI=1S/C33H39N7O5.ClH/c1-42-24-7-5-6-23(17-24)36-27-18-28(32(41)38-33(34)35)37-26-10-8-21(16-25(26)27)19-39-12-14-40(15-13-39)20-22-9-11-29(43-2)31(45-4)30(22)44-3;/h5-11,16-18H,12-15,19-20H2,1-4H3,(H,36,37)(H4,34,35,38,41);1H. The van der Waals surface area contributed by atoms with Crippen molar-refractivity contribution in [1.29, 1.82) is 0 Å². The Bertz CT molecular complexity index is 1710. The van der Waals surface area contributed by atoms with E-state index in [-0.39, 0.29) is 24.1 Å². The fourth-order valence-electron chi connectivity index (χ4n) is 5.51. The highest BCUT2D eigenvalue weighted by Crippen LogP contribution is 2.40. The van der Waals surface area contributed by atoms with E-state index in [4.69, 9.17) is 30.4 Å². The quantitative estimate of drug-likeness (QED) is 0.159. The molecule has 1 aromatic heterocycles. The number of pyridine rings is 1. The van der Waals surface area contributed by atoms with E-state index < -0.39 is 5.91 Å². The largest absolute Gasteiger partial charge is 0.497 e. The number of methoxy groups -OCH3 is 4. The van der Waals surface area contributed by atoms with Gasteiger partial charge in [-0.25, -0.2) is 4.98 Å². The number of carbonyl (C=O) groups excluding carboxylic acids is 1. The molecule has 0 atom stereocenters. The molecular weight excluding hydrogens is 610 g/mol. The number of piperazine rings is 1. The van der Waals surface area contributed by atoms with Crippen LogP contribution in [0.4, 0.5) is 11.4 Å². The van der Waals surface area contributed by atoms with Gasteiger partial charge in [-0.1, -0.05) is 18.2 Å². The number of aromatic nitrogens is 1. The second-order valence-electron chi connectivity index (χ2n) is 10.7. The number of benzene rings is 3. The lowest BCUT2D eigenvalue weighted by atomic mass is 10.1. The lowest BCUT2D eigenvalue weighted by Crippen LogP contribution is -2.45. The first-order valence-corrected chi connectivity index (χ1v) is 14.5. The van der Waals surface area contributed by atoms with E-state index in [0.717, 1.165) is 61.5 Å². The van der Waals surface area contributed by atoms with Crippen LogP contribution in [0.2, 0.25) is 0 Å². The predicted octanol–water partition coefficient (Wildman–Crippen LogP) is 4.17. The van der Waals surface area contributed by atoms with Crippen LogP contribution in [0, 0.1) is 0 Å². The average Bonchev–Trinajstić information content (AvgIpc) is 3.05. The number of carbonyl (C=O) groups is 1. The number of guanidine groups is 1. The molecule has 0 aliphatic carbocycles. The number of nitrogens with zero attached hydrogens (tertiary/aromatic N) is 4. The monoisotopic (exact) mass is 649 g/mol. The van der Waals surface area contributed by atoms with Gasteiger partial charge < -0.3 is 35.7 Å². The second kappa shape index (κ2) is 15.5. The fraction of sp³-hybridized carbons (Fsp3) is 0.303. The van der Waals surface area contributed by atoms with Gasteiger partial charge in [0.15, 0.2) is 17.5 Å². The molecule has 0 unspecified atom stereocenters. The lowest BCUT2D eigenvalue weighted by Gasteiger charge is -2.35. The summed E-state index contributed by atoms with van der Waals surface area (Å²) in [5, 5.41) is 4.30. The molecule has 3 aromatic carbocycles. The molecule has 12 nitrogen and oxygen atoms in total. The topological polar surface area (TPSA) is 150 Å². The minimum absolute atomic E-state index is 0. The Morgan fingerprint density at radius 1 is 0.848 bits per heavy atom. The van der Waals surface area contributed by atoms with Crippen molar-refractivity contribution in [2.24, 2.45) is 16.5 Å². The Kier molecular flexibility index (Phi) is 11.5. The molecule has 4 aromatic rings. The SMILES string of the molecule is COc1cccc(Nc2cc(C(=O)N=C(N)N)nc3ccc(CN4CCN(Cc5ccc(OC)c(OC)c5OC)CC4)cc23)c1.Cl. The number of halogens is 1. The third-order valence-electron chi connectivity index (χ3n) is 7.72. The summed E-state index contributed by atoms with van der Waals surface area (Å²) >= 11 is 0. The van der Waals surface area contributed by atoms with Gasteiger partial charge in [0, 0.05) is 62.0 Å². The van der Waals surface area contributed by atoms with Crippen LogP contribution < -0.4 is 35.7 Å². The Morgan fingerprint density at radius 3 is 2.22 bits per heavy atom. The van der Waals surface area contributed by atoms with Crippen molar-refractivity contribution >= 4 is 46.6 Å². The third-order valence-corrected chi connectivity index (χ3v) is 7.72. The molecule has 5 rings (SSSR count). The van der Waals surface area contributed by atoms with Gasteiger partial charge in [0.2, 0.25) is 5.75 Å². The van der Waals surface area contributed by atoms with Gasteiger partial charge in [0.05, 0.1) is 39.6 Å². The van der Waals surface area contributed by atoms with E-state index in [1.807, 2.05) is 48.5 Å². The number of nitrogens with one attached hydrogen (secondary N) is 1. The molecule has 0 spiro atoms. The van der Waals surface area contributed by atoms with Gasteiger partial charge in [-0.05, 0) is 42.0 Å². The van der Waals surface area contributed by atoms with Crippen molar-refractivity contribution in [3.8, 4) is 23.0 Å². The minimum Gasteiger partial charge on any atom is -0.497 e. The predicted molar refractivity (Wildman–Crippen MR) is 182 cm³/mol. The molecule has 2 heterocycles. The zero-order valence-corrected chi connectivity index (χ0v) is 27.2. The summed E-state index contributed by atoms with van der Waals surface area (Å²) < 4.78 is 22.1. The van der Waals surface area contributed by atoms with Crippen LogP contribution in [0.3, 0.4) is 0 Å². The van der Waals surface area contributed by atoms with Crippen LogP contribution in [0.5, 0.6) is 23.0 Å². The maximum atomic E-state index is 12.7. The molecule has 1 fully saturated rings. The summed E-state index contributed by atoms with van der Waals surface area (Å²) in [6, 6.07) is 19.3. The molecular formula is C33H40ClN7O5. The van der Waals surface area contributed by atoms with Gasteiger partial charge in [0.25, 0.3) is 5.91 Å². The molecule has 1 amide bonds. The van der Waals surface area contributed by atoms with Crippen LogP contribution in [-0.4, -0.2) is 81.3 Å². The van der Waals surface area contributed by atoms with Gasteiger partial charge in [-0.15, -0.1) is 12.4 Å². The molecule has 5 N–H and O–H groups in total. The van der Waals surface area contributed by atoms with Crippen LogP contribution in [0.25, 0.3) is 10.9 Å². The first kappa shape index (κ1) is 34.1. The highest BCUT2D eigenvalue weighted by atomic mass is 35.5. The fourth-order valence-corrected chi connectivity index (χ4v) is 5.51. The van der Waals surface area contributed by atoms with Crippen LogP contribution in [0.15, 0.2) is 65.7 Å². The Balaban J connectivity index is 0.00000480. The van der Waals surface area contributed by atoms with Gasteiger partial charge in [0.1, 0.15) is 11.4 Å². The number of hydrogen-bond acceptors (Lipinski definition) is 9. The van der Waals surface area contributed by atoms with Crippen LogP contribution in [0.1, 0.15) is 21.6 Å². The molecule has 0 radical (unpaired) electrons. The van der Waals surface area contributed by atoms with Gasteiger partial charge in [-0.2, -0.15) is 4.99 Å². The van der Waals surface area contributed by atoms with E-state index in [2.05, 4.69) is 31.2 Å². The number of nitrogens with two attached hydrogens (primary N) is 2. The van der Waals surface area contributed by atoms with Crippen LogP contribution >= 0.6 is 12.4 Å². The molecule has 1 saturated heterocycles. The number of anilines is 2. The summed E-state index contributed by atoms with van der Waals surface area (Å²) in [5.74, 6) is 1.73. The third kappa shape index (κ3) is 7.89. The summed E-state index contributed by atoms with van der Waals surface area (Å²) in [4.78, 5) is 25.8. The zero-order chi connectivity index (χ0) is 31.9. The number of fused-ring (bicyclic) bond motifs is 1. The average molecular weight is 650 g/mol. The van der Waals surface area contributed by atoms with Crippen LogP contribution in [-0.2, 0) is 13.1 Å². The first-order valence-electron chi connectivity index (χ1n) is 14.5. The van der Waals surface area contributed by atoms with Crippen molar-refractivity contribution in [2.45, 2.75) is 13.1 Å². The zero-order valence-electron chi connectivity index (χ0n) is 26.4. The molecule has 13 heteroatoms. The van der Waals surface area contributed by atoms with E-state index in [9.17, 15) is 4.79 Å². The molecule has 1 aliphatic rings. The van der Waals surface area contributed by atoms with Crippen molar-refractivity contribution in [1.82, 2.24) is 14.8 Å². The summed E-state index contributed by atoms with van der Waals surface area (Å²) in [5.41, 5.74) is 15.4. The lowest BCUT2D eigenvalue weighted by molar-refractivity contribution is 0.0998. The minimum atomic E-state index is -0.613. The molecule has 0 bridgehead atoms. The Hall–Kier alpha value is -4.78. The number of amides is 1. The Labute approximate surface area is 274 Å². The molecule has 46 heavy (non-hydrogen) atoms. The normalized spacial score (nSPS) is 13.4. The van der Waals surface area contributed by atoms with Gasteiger partial charge >= 0.3 is 0 Å². The van der Waals surface area contributed by atoms with Gasteiger partial charge in [-0.3, -0.25) is 14.6 Å². The number of aliphatic imine (C=N–C) groups is 1. The van der Waals surface area contributed by atoms with Crippen molar-refractivity contribution in [3.05, 3.63) is 77.5 Å². The van der Waals surface area contributed by atoms with E-state index in [1.54, 1.807) is 34.5 Å². The maximum Gasteiger partial charge on any atom is 0.298 e. The van der Waals surface area contributed by atoms with E-state index in [1.165, 1.54) is 0 Å². The number of rotatable bonds is 11. The van der Waals surface area contributed by atoms with E-state index >= 15 is 0 Å². The van der Waals surface area contributed by atoms with Crippen molar-refractivity contribution in [2.75, 3.05) is 59.9 Å². The van der Waals surface area contributed by atoms with Crippen molar-refractivity contribution in [3.63, 3.8) is 0 Å². The first-order chi connectivity index (χ1) is 21.8. The summed E-state index contributed by atoms with van der Waals surface area (Å²) in [6.45, 7) is 5.16. The number of hydrogen-bond donors (Lipinski definition) is 3. The highest BCUT2D eigenvalue weighted by Gasteiger charge is 2.22. The maximum absolute atomic E-state index is 12.7. The Morgan fingerprint density at radius 2 is 1.57 bits per heavy atom. The van der Waals surface area contributed by atoms with E-state index in [0.29, 0.717) is 34.2 Å². The molecule has 0 saturated carbocycles. The summed E-state index contributed by atoms with van der Waals surface area (Å²) in [6.07, 6.45) is 0. The van der Waals surface area contributed by atoms with Crippen molar-refractivity contribution < 1.29 is 23.7 Å². The highest BCUT2D eigenvalue weighted by molar-refractivity contribution is 6.04. The smallest absolute Gasteiger partial charge is 0.298 e. The molecule has 1 aliphatic heterocycles. The summed E-state index contributed by atoms with van der Waals surface area (Å²) in [7, 11) is 6.51.